The zero-order chi connectivity index (χ0) is 11.5. The van der Waals surface area contributed by atoms with Crippen molar-refractivity contribution in [3.63, 3.8) is 0 Å². The van der Waals surface area contributed by atoms with Gasteiger partial charge in [-0.1, -0.05) is 0 Å². The molecule has 0 aliphatic carbocycles. The Morgan fingerprint density at radius 1 is 1.25 bits per heavy atom. The maximum absolute atomic E-state index is 4.43. The van der Waals surface area contributed by atoms with E-state index in [9.17, 15) is 0 Å². The standard InChI is InChI=1S/C11H14N4S/c1-7-4-5-11(15-14-7)12-8(2)10-6-16-9(3)13-10/h4-6,8H,1-3H3,(H,12,15). The Hall–Kier alpha value is -1.49. The maximum atomic E-state index is 4.43. The highest BCUT2D eigenvalue weighted by Crippen LogP contribution is 2.19. The monoisotopic (exact) mass is 234 g/mol. The molecule has 1 N–H and O–H groups in total. The molecule has 0 aliphatic rings. The van der Waals surface area contributed by atoms with Crippen LogP contribution >= 0.6 is 11.3 Å². The molecule has 2 rings (SSSR count). The van der Waals surface area contributed by atoms with Gasteiger partial charge in [0.05, 0.1) is 22.4 Å². The molecular weight excluding hydrogens is 220 g/mol. The van der Waals surface area contributed by atoms with E-state index in [1.807, 2.05) is 26.0 Å². The third-order valence-corrected chi connectivity index (χ3v) is 3.03. The largest absolute Gasteiger partial charge is 0.360 e. The van der Waals surface area contributed by atoms with Gasteiger partial charge in [-0.2, -0.15) is 5.10 Å². The molecule has 2 aromatic heterocycles. The number of anilines is 1. The van der Waals surface area contributed by atoms with Gasteiger partial charge in [0.2, 0.25) is 0 Å². The lowest BCUT2D eigenvalue weighted by atomic mass is 10.2. The molecule has 1 unspecified atom stereocenters. The van der Waals surface area contributed by atoms with Gasteiger partial charge < -0.3 is 5.32 Å². The Bertz CT molecular complexity index is 463. The number of rotatable bonds is 3. The molecule has 0 saturated heterocycles. The molecule has 84 valence electrons. The first-order valence-electron chi connectivity index (χ1n) is 5.14. The molecule has 2 heterocycles. The second-order valence-electron chi connectivity index (χ2n) is 3.72. The van der Waals surface area contributed by atoms with Crippen molar-refractivity contribution in [1.29, 1.82) is 0 Å². The van der Waals surface area contributed by atoms with E-state index >= 15 is 0 Å². The van der Waals surface area contributed by atoms with Gasteiger partial charge in [-0.15, -0.1) is 16.4 Å². The summed E-state index contributed by atoms with van der Waals surface area (Å²) in [6.07, 6.45) is 0. The zero-order valence-corrected chi connectivity index (χ0v) is 10.4. The van der Waals surface area contributed by atoms with Crippen LogP contribution in [0.5, 0.6) is 0 Å². The zero-order valence-electron chi connectivity index (χ0n) is 9.56. The second-order valence-corrected chi connectivity index (χ2v) is 4.78. The van der Waals surface area contributed by atoms with Crippen molar-refractivity contribution in [2.45, 2.75) is 26.8 Å². The van der Waals surface area contributed by atoms with Crippen LogP contribution in [0, 0.1) is 13.8 Å². The first-order valence-corrected chi connectivity index (χ1v) is 6.02. The molecule has 4 nitrogen and oxygen atoms in total. The Labute approximate surface area is 98.8 Å². The third kappa shape index (κ3) is 2.55. The van der Waals surface area contributed by atoms with E-state index in [-0.39, 0.29) is 6.04 Å². The van der Waals surface area contributed by atoms with E-state index in [1.54, 1.807) is 11.3 Å². The molecule has 0 saturated carbocycles. The van der Waals surface area contributed by atoms with Gasteiger partial charge in [-0.3, -0.25) is 0 Å². The first kappa shape index (κ1) is 11.0. The van der Waals surface area contributed by atoms with Gasteiger partial charge in [-0.05, 0) is 32.9 Å². The van der Waals surface area contributed by atoms with Gasteiger partial charge in [0.1, 0.15) is 5.82 Å². The molecule has 1 atom stereocenters. The van der Waals surface area contributed by atoms with Crippen molar-refractivity contribution >= 4 is 17.2 Å². The second kappa shape index (κ2) is 4.57. The number of nitrogens with one attached hydrogen (secondary N) is 1. The molecular formula is C11H14N4S. The molecule has 16 heavy (non-hydrogen) atoms. The van der Waals surface area contributed by atoms with Gasteiger partial charge >= 0.3 is 0 Å². The lowest BCUT2D eigenvalue weighted by molar-refractivity contribution is 0.825. The van der Waals surface area contributed by atoms with Crippen LogP contribution in [-0.4, -0.2) is 15.2 Å². The summed E-state index contributed by atoms with van der Waals surface area (Å²) < 4.78 is 0. The van der Waals surface area contributed by atoms with Crippen molar-refractivity contribution < 1.29 is 0 Å². The first-order chi connectivity index (χ1) is 7.65. The van der Waals surface area contributed by atoms with Crippen LogP contribution in [0.4, 0.5) is 5.82 Å². The van der Waals surface area contributed by atoms with Gasteiger partial charge in [0.15, 0.2) is 0 Å². The fraction of sp³-hybridized carbons (Fsp3) is 0.364. The summed E-state index contributed by atoms with van der Waals surface area (Å²) >= 11 is 1.66. The van der Waals surface area contributed by atoms with Crippen molar-refractivity contribution in [3.8, 4) is 0 Å². The minimum absolute atomic E-state index is 0.155. The van der Waals surface area contributed by atoms with Crippen LogP contribution in [-0.2, 0) is 0 Å². The van der Waals surface area contributed by atoms with Crippen molar-refractivity contribution in [1.82, 2.24) is 15.2 Å². The van der Waals surface area contributed by atoms with Crippen LogP contribution in [0.25, 0.3) is 0 Å². The van der Waals surface area contributed by atoms with E-state index in [4.69, 9.17) is 0 Å². The Kier molecular flexibility index (Phi) is 3.14. The molecule has 0 fully saturated rings. The highest BCUT2D eigenvalue weighted by Gasteiger charge is 2.09. The number of hydrogen-bond donors (Lipinski definition) is 1. The molecule has 0 spiro atoms. The van der Waals surface area contributed by atoms with Gasteiger partial charge in [0, 0.05) is 5.38 Å². The van der Waals surface area contributed by atoms with E-state index in [2.05, 4.69) is 32.8 Å². The summed E-state index contributed by atoms with van der Waals surface area (Å²) in [5.74, 6) is 0.781. The van der Waals surface area contributed by atoms with E-state index in [1.165, 1.54) is 0 Å². The van der Waals surface area contributed by atoms with Crippen molar-refractivity contribution in [2.75, 3.05) is 5.32 Å². The number of nitrogens with zero attached hydrogens (tertiary/aromatic N) is 3. The highest BCUT2D eigenvalue weighted by molar-refractivity contribution is 7.09. The Morgan fingerprint density at radius 3 is 2.62 bits per heavy atom. The third-order valence-electron chi connectivity index (χ3n) is 2.24. The van der Waals surface area contributed by atoms with Crippen LogP contribution in [0.1, 0.15) is 29.4 Å². The Morgan fingerprint density at radius 2 is 2.06 bits per heavy atom. The van der Waals surface area contributed by atoms with Gasteiger partial charge in [-0.25, -0.2) is 4.98 Å². The summed E-state index contributed by atoms with van der Waals surface area (Å²) in [6, 6.07) is 4.02. The summed E-state index contributed by atoms with van der Waals surface area (Å²) in [6.45, 7) is 5.99. The summed E-state index contributed by atoms with van der Waals surface area (Å²) in [5, 5.41) is 14.5. The van der Waals surface area contributed by atoms with Crippen molar-refractivity contribution in [3.05, 3.63) is 33.9 Å². The maximum Gasteiger partial charge on any atom is 0.149 e. The van der Waals surface area contributed by atoms with E-state index in [0.29, 0.717) is 0 Å². The quantitative estimate of drug-likeness (QED) is 0.887. The Balaban J connectivity index is 2.07. The predicted molar refractivity (Wildman–Crippen MR) is 65.7 cm³/mol. The summed E-state index contributed by atoms with van der Waals surface area (Å²) in [7, 11) is 0. The van der Waals surface area contributed by atoms with Crippen LogP contribution in [0.15, 0.2) is 17.5 Å². The molecule has 0 aromatic carbocycles. The molecule has 0 aliphatic heterocycles. The lowest BCUT2D eigenvalue weighted by Gasteiger charge is -2.11. The fourth-order valence-corrected chi connectivity index (χ4v) is 2.06. The van der Waals surface area contributed by atoms with E-state index < -0.39 is 0 Å². The fourth-order valence-electron chi connectivity index (χ4n) is 1.35. The number of thiazole rings is 1. The lowest BCUT2D eigenvalue weighted by Crippen LogP contribution is -2.09. The molecule has 0 bridgehead atoms. The smallest absolute Gasteiger partial charge is 0.149 e. The number of hydrogen-bond acceptors (Lipinski definition) is 5. The van der Waals surface area contributed by atoms with Gasteiger partial charge in [0.25, 0.3) is 0 Å². The molecule has 2 aromatic rings. The van der Waals surface area contributed by atoms with Crippen LogP contribution in [0.2, 0.25) is 0 Å². The minimum Gasteiger partial charge on any atom is -0.360 e. The summed E-state index contributed by atoms with van der Waals surface area (Å²) in [5.41, 5.74) is 1.97. The van der Waals surface area contributed by atoms with Crippen LogP contribution < -0.4 is 5.32 Å². The molecule has 0 amide bonds. The number of aromatic nitrogens is 3. The average Bonchev–Trinajstić information content (AvgIpc) is 2.68. The summed E-state index contributed by atoms with van der Waals surface area (Å²) in [4.78, 5) is 4.43. The van der Waals surface area contributed by atoms with E-state index in [0.717, 1.165) is 22.2 Å². The SMILES string of the molecule is Cc1ccc(NC(C)c2csc(C)n2)nn1. The van der Waals surface area contributed by atoms with Crippen molar-refractivity contribution in [2.24, 2.45) is 0 Å². The van der Waals surface area contributed by atoms with Crippen LogP contribution in [0.3, 0.4) is 0 Å². The number of aryl methyl sites for hydroxylation is 2. The predicted octanol–water partition coefficient (Wildman–Crippen LogP) is 2.72. The highest BCUT2D eigenvalue weighted by atomic mass is 32.1. The average molecular weight is 234 g/mol. The molecule has 5 heteroatoms. The molecule has 0 radical (unpaired) electrons. The normalized spacial score (nSPS) is 12.4. The topological polar surface area (TPSA) is 50.7 Å². The minimum atomic E-state index is 0.155.